The topological polar surface area (TPSA) is 37.0 Å². The molecule has 2 aromatic rings. The number of benzene rings is 1. The first kappa shape index (κ1) is 13.3. The van der Waals surface area contributed by atoms with Crippen LogP contribution in [0.4, 0.5) is 21.7 Å². The van der Waals surface area contributed by atoms with Gasteiger partial charge in [0.2, 0.25) is 0 Å². The Morgan fingerprint density at radius 1 is 1.16 bits per heavy atom. The second kappa shape index (κ2) is 6.18. The minimum atomic E-state index is -0.227. The number of nitrogens with one attached hydrogen (secondary N) is 2. The molecular weight excluding hydrogens is 241 g/mol. The lowest BCUT2D eigenvalue weighted by molar-refractivity contribution is 0.627. The third kappa shape index (κ3) is 3.68. The fraction of sp³-hybridized carbons (Fsp3) is 0.267. The summed E-state index contributed by atoms with van der Waals surface area (Å²) in [4.78, 5) is 4.45. The molecule has 0 saturated heterocycles. The molecule has 0 amide bonds. The van der Waals surface area contributed by atoms with Gasteiger partial charge < -0.3 is 10.6 Å². The van der Waals surface area contributed by atoms with Crippen molar-refractivity contribution in [2.45, 2.75) is 20.3 Å². The second-order valence-electron chi connectivity index (χ2n) is 4.42. The minimum Gasteiger partial charge on any atom is -0.370 e. The highest BCUT2D eigenvalue weighted by atomic mass is 19.1. The van der Waals surface area contributed by atoms with E-state index < -0.39 is 0 Å². The van der Waals surface area contributed by atoms with Crippen LogP contribution in [-0.4, -0.2) is 11.5 Å². The number of hydrogen-bond donors (Lipinski definition) is 2. The molecule has 0 radical (unpaired) electrons. The van der Waals surface area contributed by atoms with E-state index in [1.807, 2.05) is 25.1 Å². The monoisotopic (exact) mass is 259 g/mol. The summed E-state index contributed by atoms with van der Waals surface area (Å²) in [5, 5.41) is 6.43. The van der Waals surface area contributed by atoms with Crippen LogP contribution in [0.5, 0.6) is 0 Å². The first-order valence-corrected chi connectivity index (χ1v) is 6.43. The molecule has 2 rings (SSSR count). The maximum Gasteiger partial charge on any atom is 0.132 e. The van der Waals surface area contributed by atoms with E-state index in [-0.39, 0.29) is 5.82 Å². The molecular formula is C15H18FN3. The normalized spacial score (nSPS) is 10.3. The highest BCUT2D eigenvalue weighted by molar-refractivity contribution is 5.61. The number of rotatable bonds is 5. The van der Waals surface area contributed by atoms with Crippen molar-refractivity contribution in [2.75, 3.05) is 17.2 Å². The van der Waals surface area contributed by atoms with Crippen molar-refractivity contribution in [1.29, 1.82) is 0 Å². The van der Waals surface area contributed by atoms with E-state index >= 15 is 0 Å². The van der Waals surface area contributed by atoms with Gasteiger partial charge in [0.15, 0.2) is 0 Å². The Hall–Kier alpha value is -2.10. The number of aromatic nitrogens is 1. The van der Waals surface area contributed by atoms with Gasteiger partial charge in [-0.2, -0.15) is 0 Å². The van der Waals surface area contributed by atoms with Gasteiger partial charge in [-0.15, -0.1) is 0 Å². The molecule has 100 valence electrons. The predicted molar refractivity (Wildman–Crippen MR) is 77.4 cm³/mol. The summed E-state index contributed by atoms with van der Waals surface area (Å²) in [7, 11) is 0. The molecule has 0 unspecified atom stereocenters. The second-order valence-corrected chi connectivity index (χ2v) is 4.42. The van der Waals surface area contributed by atoms with Crippen molar-refractivity contribution < 1.29 is 4.39 Å². The molecule has 0 saturated carbocycles. The van der Waals surface area contributed by atoms with Gasteiger partial charge in [0.1, 0.15) is 17.5 Å². The Morgan fingerprint density at radius 2 is 1.95 bits per heavy atom. The average molecular weight is 259 g/mol. The van der Waals surface area contributed by atoms with Crippen LogP contribution in [-0.2, 0) is 0 Å². The molecule has 0 aliphatic heterocycles. The van der Waals surface area contributed by atoms with Crippen molar-refractivity contribution in [3.8, 4) is 0 Å². The van der Waals surface area contributed by atoms with Crippen LogP contribution in [0.2, 0.25) is 0 Å². The van der Waals surface area contributed by atoms with E-state index in [4.69, 9.17) is 0 Å². The predicted octanol–water partition coefficient (Wildman–Crippen LogP) is 4.09. The van der Waals surface area contributed by atoms with Gasteiger partial charge in [-0.3, -0.25) is 0 Å². The van der Waals surface area contributed by atoms with Gasteiger partial charge in [0.05, 0.1) is 0 Å². The molecule has 1 aromatic heterocycles. The van der Waals surface area contributed by atoms with Gasteiger partial charge in [-0.1, -0.05) is 13.0 Å². The highest BCUT2D eigenvalue weighted by Gasteiger charge is 2.02. The summed E-state index contributed by atoms with van der Waals surface area (Å²) in [6.07, 6.45) is 1.05. The molecule has 4 heteroatoms. The lowest BCUT2D eigenvalue weighted by Gasteiger charge is -2.10. The van der Waals surface area contributed by atoms with Crippen LogP contribution in [0.15, 0.2) is 36.4 Å². The lowest BCUT2D eigenvalue weighted by atomic mass is 10.2. The molecule has 0 atom stereocenters. The van der Waals surface area contributed by atoms with E-state index in [0.29, 0.717) is 0 Å². The van der Waals surface area contributed by atoms with Crippen LogP contribution in [0, 0.1) is 12.7 Å². The highest BCUT2D eigenvalue weighted by Crippen LogP contribution is 2.20. The molecule has 0 aliphatic carbocycles. The van der Waals surface area contributed by atoms with Crippen LogP contribution in [0.3, 0.4) is 0 Å². The Bertz CT molecular complexity index is 555. The first-order valence-electron chi connectivity index (χ1n) is 6.43. The Morgan fingerprint density at radius 3 is 2.68 bits per heavy atom. The zero-order valence-electron chi connectivity index (χ0n) is 11.2. The summed E-state index contributed by atoms with van der Waals surface area (Å²) in [6, 6.07) is 10.4. The Labute approximate surface area is 112 Å². The maximum atomic E-state index is 13.0. The number of pyridine rings is 1. The Kier molecular flexibility index (Phi) is 4.34. The molecule has 3 nitrogen and oxygen atoms in total. The van der Waals surface area contributed by atoms with E-state index in [1.54, 1.807) is 6.07 Å². The van der Waals surface area contributed by atoms with E-state index in [0.717, 1.165) is 35.9 Å². The summed E-state index contributed by atoms with van der Waals surface area (Å²) in [5.41, 5.74) is 1.72. The molecule has 1 heterocycles. The third-order valence-corrected chi connectivity index (χ3v) is 2.76. The Balaban J connectivity index is 2.14. The van der Waals surface area contributed by atoms with Crippen LogP contribution in [0.25, 0.3) is 0 Å². The van der Waals surface area contributed by atoms with Crippen LogP contribution in [0.1, 0.15) is 18.9 Å². The van der Waals surface area contributed by atoms with Gasteiger partial charge in [-0.05, 0) is 49.2 Å². The molecule has 0 fully saturated rings. The SMILES string of the molecule is CCCNc1cccc(Nc2ccc(F)cc2C)n1. The van der Waals surface area contributed by atoms with Gasteiger partial charge in [0.25, 0.3) is 0 Å². The minimum absolute atomic E-state index is 0.227. The van der Waals surface area contributed by atoms with E-state index in [2.05, 4.69) is 22.5 Å². The first-order chi connectivity index (χ1) is 9.19. The summed E-state index contributed by atoms with van der Waals surface area (Å²) < 4.78 is 13.0. The molecule has 1 aromatic carbocycles. The van der Waals surface area contributed by atoms with Gasteiger partial charge in [0, 0.05) is 12.2 Å². The fourth-order valence-electron chi connectivity index (χ4n) is 1.76. The molecule has 0 aliphatic rings. The number of halogens is 1. The van der Waals surface area contributed by atoms with Crippen molar-refractivity contribution in [2.24, 2.45) is 0 Å². The van der Waals surface area contributed by atoms with Crippen molar-refractivity contribution >= 4 is 17.3 Å². The van der Waals surface area contributed by atoms with E-state index in [9.17, 15) is 4.39 Å². The average Bonchev–Trinajstić information content (AvgIpc) is 2.40. The third-order valence-electron chi connectivity index (χ3n) is 2.76. The molecule has 2 N–H and O–H groups in total. The largest absolute Gasteiger partial charge is 0.370 e. The van der Waals surface area contributed by atoms with Crippen molar-refractivity contribution in [3.05, 3.63) is 47.8 Å². The fourth-order valence-corrected chi connectivity index (χ4v) is 1.76. The summed E-state index contributed by atoms with van der Waals surface area (Å²) in [6.45, 7) is 4.87. The molecule has 0 bridgehead atoms. The number of nitrogens with zero attached hydrogens (tertiary/aromatic N) is 1. The zero-order valence-corrected chi connectivity index (χ0v) is 11.2. The quantitative estimate of drug-likeness (QED) is 0.849. The maximum absolute atomic E-state index is 13.0. The van der Waals surface area contributed by atoms with Crippen molar-refractivity contribution in [3.63, 3.8) is 0 Å². The smallest absolute Gasteiger partial charge is 0.132 e. The van der Waals surface area contributed by atoms with Gasteiger partial charge >= 0.3 is 0 Å². The van der Waals surface area contributed by atoms with Crippen LogP contribution >= 0.6 is 0 Å². The summed E-state index contributed by atoms with van der Waals surface area (Å²) >= 11 is 0. The standard InChI is InChI=1S/C15H18FN3/c1-3-9-17-14-5-4-6-15(19-14)18-13-8-7-12(16)10-11(13)2/h4-8,10H,3,9H2,1-2H3,(H2,17,18,19). The van der Waals surface area contributed by atoms with E-state index in [1.165, 1.54) is 12.1 Å². The summed E-state index contributed by atoms with van der Waals surface area (Å²) in [5.74, 6) is 1.36. The van der Waals surface area contributed by atoms with Gasteiger partial charge in [-0.25, -0.2) is 9.37 Å². The number of aryl methyl sites for hydroxylation is 1. The van der Waals surface area contributed by atoms with Crippen LogP contribution < -0.4 is 10.6 Å². The number of anilines is 3. The van der Waals surface area contributed by atoms with Crippen molar-refractivity contribution in [1.82, 2.24) is 4.98 Å². The number of hydrogen-bond acceptors (Lipinski definition) is 3. The molecule has 19 heavy (non-hydrogen) atoms. The lowest BCUT2D eigenvalue weighted by Crippen LogP contribution is -2.03. The molecule has 0 spiro atoms. The zero-order chi connectivity index (χ0) is 13.7.